The van der Waals surface area contributed by atoms with Gasteiger partial charge in [-0.25, -0.2) is 4.79 Å². The van der Waals surface area contributed by atoms with Gasteiger partial charge in [0.25, 0.3) is 0 Å². The molecule has 5 N–H and O–H groups in total. The number of carboxylic acid groups (broad SMARTS) is 1. The molecule has 5 heteroatoms. The van der Waals surface area contributed by atoms with E-state index in [1.807, 2.05) is 0 Å². The SMILES string of the molecule is Nc1ccc(-c2c(N)cccc2C(=O)O)c(Br)c1. The van der Waals surface area contributed by atoms with Crippen LogP contribution in [0.15, 0.2) is 40.9 Å². The molecule has 0 heterocycles. The van der Waals surface area contributed by atoms with Crippen molar-refractivity contribution in [1.82, 2.24) is 0 Å². The van der Waals surface area contributed by atoms with E-state index in [2.05, 4.69) is 15.9 Å². The highest BCUT2D eigenvalue weighted by atomic mass is 79.9. The Morgan fingerprint density at radius 2 is 1.89 bits per heavy atom. The van der Waals surface area contributed by atoms with Crippen molar-refractivity contribution >= 4 is 33.3 Å². The average Bonchev–Trinajstić information content (AvgIpc) is 2.29. The first kappa shape index (κ1) is 12.4. The van der Waals surface area contributed by atoms with E-state index in [0.29, 0.717) is 27.0 Å². The molecule has 0 bridgehead atoms. The highest BCUT2D eigenvalue weighted by Crippen LogP contribution is 2.36. The summed E-state index contributed by atoms with van der Waals surface area (Å²) in [6.07, 6.45) is 0. The molecule has 0 saturated carbocycles. The number of anilines is 2. The van der Waals surface area contributed by atoms with Gasteiger partial charge in [0.15, 0.2) is 0 Å². The van der Waals surface area contributed by atoms with E-state index in [1.54, 1.807) is 30.3 Å². The number of aromatic carboxylic acids is 1. The Labute approximate surface area is 112 Å². The van der Waals surface area contributed by atoms with Gasteiger partial charge >= 0.3 is 5.97 Å². The molecule has 0 radical (unpaired) electrons. The fraction of sp³-hybridized carbons (Fsp3) is 0. The van der Waals surface area contributed by atoms with Crippen molar-refractivity contribution < 1.29 is 9.90 Å². The normalized spacial score (nSPS) is 10.3. The van der Waals surface area contributed by atoms with E-state index < -0.39 is 5.97 Å². The molecule has 0 spiro atoms. The lowest BCUT2D eigenvalue weighted by atomic mass is 9.97. The zero-order chi connectivity index (χ0) is 13.3. The molecule has 2 aromatic rings. The predicted octanol–water partition coefficient (Wildman–Crippen LogP) is 2.98. The molecule has 0 unspecified atom stereocenters. The van der Waals surface area contributed by atoms with Gasteiger partial charge in [0, 0.05) is 21.4 Å². The smallest absolute Gasteiger partial charge is 0.336 e. The fourth-order valence-electron chi connectivity index (χ4n) is 1.78. The molecule has 0 aliphatic rings. The van der Waals surface area contributed by atoms with Crippen LogP contribution >= 0.6 is 15.9 Å². The molecule has 4 nitrogen and oxygen atoms in total. The minimum Gasteiger partial charge on any atom is -0.478 e. The van der Waals surface area contributed by atoms with Crippen LogP contribution in [0.2, 0.25) is 0 Å². The Morgan fingerprint density at radius 3 is 2.50 bits per heavy atom. The summed E-state index contributed by atoms with van der Waals surface area (Å²) in [6.45, 7) is 0. The monoisotopic (exact) mass is 306 g/mol. The Balaban J connectivity index is 2.74. The van der Waals surface area contributed by atoms with Gasteiger partial charge in [0.05, 0.1) is 5.56 Å². The molecule has 0 aliphatic heterocycles. The highest BCUT2D eigenvalue weighted by Gasteiger charge is 2.16. The zero-order valence-electron chi connectivity index (χ0n) is 9.35. The molecular weight excluding hydrogens is 296 g/mol. The summed E-state index contributed by atoms with van der Waals surface area (Å²) in [5.41, 5.74) is 13.9. The van der Waals surface area contributed by atoms with Crippen molar-refractivity contribution in [2.45, 2.75) is 0 Å². The summed E-state index contributed by atoms with van der Waals surface area (Å²) in [4.78, 5) is 11.2. The summed E-state index contributed by atoms with van der Waals surface area (Å²) in [5, 5.41) is 9.20. The van der Waals surface area contributed by atoms with Gasteiger partial charge in [-0.2, -0.15) is 0 Å². The zero-order valence-corrected chi connectivity index (χ0v) is 10.9. The van der Waals surface area contributed by atoms with E-state index in [9.17, 15) is 9.90 Å². The van der Waals surface area contributed by atoms with Crippen LogP contribution in [-0.4, -0.2) is 11.1 Å². The first-order chi connectivity index (χ1) is 8.50. The lowest BCUT2D eigenvalue weighted by molar-refractivity contribution is 0.0698. The summed E-state index contributed by atoms with van der Waals surface area (Å²) >= 11 is 3.37. The van der Waals surface area contributed by atoms with Crippen molar-refractivity contribution in [2.75, 3.05) is 11.5 Å². The summed E-state index contributed by atoms with van der Waals surface area (Å²) in [7, 11) is 0. The van der Waals surface area contributed by atoms with Gasteiger partial charge in [-0.15, -0.1) is 0 Å². The largest absolute Gasteiger partial charge is 0.478 e. The first-order valence-electron chi connectivity index (χ1n) is 5.18. The van der Waals surface area contributed by atoms with Crippen LogP contribution in [0.3, 0.4) is 0 Å². The molecule has 18 heavy (non-hydrogen) atoms. The van der Waals surface area contributed by atoms with Gasteiger partial charge in [0.1, 0.15) is 0 Å². The minimum atomic E-state index is -1.01. The third-order valence-corrected chi connectivity index (χ3v) is 3.25. The van der Waals surface area contributed by atoms with Gasteiger partial charge in [0.2, 0.25) is 0 Å². The topological polar surface area (TPSA) is 89.3 Å². The van der Waals surface area contributed by atoms with Crippen molar-refractivity contribution in [1.29, 1.82) is 0 Å². The number of nitrogens with two attached hydrogens (primary N) is 2. The molecule has 0 aliphatic carbocycles. The lowest BCUT2D eigenvalue weighted by Crippen LogP contribution is -2.03. The van der Waals surface area contributed by atoms with Crippen molar-refractivity contribution in [3.63, 3.8) is 0 Å². The summed E-state index contributed by atoms with van der Waals surface area (Å²) in [6, 6.07) is 9.98. The first-order valence-corrected chi connectivity index (χ1v) is 5.97. The third kappa shape index (κ3) is 2.17. The number of carbonyl (C=O) groups is 1. The second-order valence-corrected chi connectivity index (χ2v) is 4.67. The number of nitrogen functional groups attached to an aromatic ring is 2. The quantitative estimate of drug-likeness (QED) is 0.744. The van der Waals surface area contributed by atoms with E-state index in [4.69, 9.17) is 11.5 Å². The molecule has 0 amide bonds. The van der Waals surface area contributed by atoms with Crippen LogP contribution < -0.4 is 11.5 Å². The molecule has 92 valence electrons. The molecule has 2 rings (SSSR count). The molecule has 2 aromatic carbocycles. The number of rotatable bonds is 2. The molecule has 0 aromatic heterocycles. The number of carboxylic acids is 1. The summed E-state index contributed by atoms with van der Waals surface area (Å²) in [5.74, 6) is -1.01. The maximum atomic E-state index is 11.2. The van der Waals surface area contributed by atoms with Gasteiger partial charge in [-0.1, -0.05) is 28.1 Å². The van der Waals surface area contributed by atoms with E-state index in [0.717, 1.165) is 0 Å². The second kappa shape index (κ2) is 4.70. The molecule has 0 saturated heterocycles. The van der Waals surface area contributed by atoms with Gasteiger partial charge in [-0.05, 0) is 29.8 Å². The Bertz CT molecular complexity index is 626. The molecular formula is C13H11BrN2O2. The van der Waals surface area contributed by atoms with Crippen LogP contribution in [-0.2, 0) is 0 Å². The minimum absolute atomic E-state index is 0.167. The average molecular weight is 307 g/mol. The van der Waals surface area contributed by atoms with Crippen LogP contribution in [0.1, 0.15) is 10.4 Å². The summed E-state index contributed by atoms with van der Waals surface area (Å²) < 4.78 is 0.711. The van der Waals surface area contributed by atoms with Gasteiger partial charge in [-0.3, -0.25) is 0 Å². The molecule has 0 atom stereocenters. The van der Waals surface area contributed by atoms with E-state index in [-0.39, 0.29) is 5.56 Å². The van der Waals surface area contributed by atoms with E-state index in [1.165, 1.54) is 6.07 Å². The van der Waals surface area contributed by atoms with Gasteiger partial charge < -0.3 is 16.6 Å². The maximum absolute atomic E-state index is 11.2. The number of hydrogen-bond donors (Lipinski definition) is 3. The fourth-order valence-corrected chi connectivity index (χ4v) is 2.38. The number of hydrogen-bond acceptors (Lipinski definition) is 3. The number of halogens is 1. The second-order valence-electron chi connectivity index (χ2n) is 3.81. The van der Waals surface area contributed by atoms with Crippen molar-refractivity contribution in [3.8, 4) is 11.1 Å². The van der Waals surface area contributed by atoms with Crippen LogP contribution in [0.5, 0.6) is 0 Å². The van der Waals surface area contributed by atoms with E-state index >= 15 is 0 Å². The third-order valence-electron chi connectivity index (χ3n) is 2.59. The standard InChI is InChI=1S/C13H11BrN2O2/c14-10-6-7(15)4-5-8(10)12-9(13(17)18)2-1-3-11(12)16/h1-6H,15-16H2,(H,17,18). The van der Waals surface area contributed by atoms with Crippen LogP contribution in [0.4, 0.5) is 11.4 Å². The van der Waals surface area contributed by atoms with Crippen molar-refractivity contribution in [2.24, 2.45) is 0 Å². The Kier molecular flexibility index (Phi) is 3.25. The predicted molar refractivity (Wildman–Crippen MR) is 75.4 cm³/mol. The lowest BCUT2D eigenvalue weighted by Gasteiger charge is -2.12. The Morgan fingerprint density at radius 1 is 1.17 bits per heavy atom. The van der Waals surface area contributed by atoms with Crippen molar-refractivity contribution in [3.05, 3.63) is 46.4 Å². The highest BCUT2D eigenvalue weighted by molar-refractivity contribution is 9.10. The van der Waals surface area contributed by atoms with Crippen LogP contribution in [0.25, 0.3) is 11.1 Å². The molecule has 0 fully saturated rings. The number of benzene rings is 2. The van der Waals surface area contributed by atoms with Crippen LogP contribution in [0, 0.1) is 0 Å². The maximum Gasteiger partial charge on any atom is 0.336 e. The Hall–Kier alpha value is -2.01.